The van der Waals surface area contributed by atoms with Gasteiger partial charge < -0.3 is 9.84 Å². The highest BCUT2D eigenvalue weighted by Crippen LogP contribution is 2.20. The van der Waals surface area contributed by atoms with Crippen LogP contribution in [0.25, 0.3) is 11.3 Å². The highest BCUT2D eigenvalue weighted by atomic mass is 35.5. The van der Waals surface area contributed by atoms with Crippen LogP contribution in [0.3, 0.4) is 0 Å². The van der Waals surface area contributed by atoms with Gasteiger partial charge in [-0.3, -0.25) is 0 Å². The van der Waals surface area contributed by atoms with Gasteiger partial charge in [0.1, 0.15) is 5.69 Å². The lowest BCUT2D eigenvalue weighted by Gasteiger charge is -2.08. The molecule has 3 rings (SSSR count). The molecule has 0 atom stereocenters. The molecule has 0 spiro atoms. The number of rotatable bonds is 4. The number of hydrogen-bond donors (Lipinski definition) is 1. The molecule has 4 heteroatoms. The average Bonchev–Trinajstić information content (AvgIpc) is 3.09. The van der Waals surface area contributed by atoms with E-state index in [0.29, 0.717) is 6.04 Å². The Labute approximate surface area is 119 Å². The molecule has 0 radical (unpaired) electrons. The third-order valence-electron chi connectivity index (χ3n) is 3.55. The fourth-order valence-corrected chi connectivity index (χ4v) is 2.52. The minimum Gasteiger partial charge on any atom is -0.359 e. The van der Waals surface area contributed by atoms with Crippen molar-refractivity contribution in [2.75, 3.05) is 0 Å². The van der Waals surface area contributed by atoms with Crippen LogP contribution in [-0.4, -0.2) is 11.2 Å². The topological polar surface area (TPSA) is 38.1 Å². The Balaban J connectivity index is 0.00000133. The molecule has 0 amide bonds. The molecular weight excluding hydrogens is 260 g/mol. The van der Waals surface area contributed by atoms with Crippen molar-refractivity contribution in [2.24, 2.45) is 0 Å². The van der Waals surface area contributed by atoms with Crippen LogP contribution in [-0.2, 0) is 6.54 Å². The van der Waals surface area contributed by atoms with Gasteiger partial charge in [-0.2, -0.15) is 0 Å². The van der Waals surface area contributed by atoms with E-state index >= 15 is 0 Å². The Kier molecular flexibility index (Phi) is 5.00. The number of benzene rings is 1. The van der Waals surface area contributed by atoms with Crippen molar-refractivity contribution in [3.63, 3.8) is 0 Å². The summed E-state index contributed by atoms with van der Waals surface area (Å²) >= 11 is 0. The normalized spacial score (nSPS) is 15.4. The molecule has 0 aliphatic heterocycles. The summed E-state index contributed by atoms with van der Waals surface area (Å²) in [5, 5.41) is 7.65. The zero-order valence-corrected chi connectivity index (χ0v) is 11.7. The minimum absolute atomic E-state index is 0. The zero-order chi connectivity index (χ0) is 12.2. The summed E-state index contributed by atoms with van der Waals surface area (Å²) in [6, 6.07) is 12.8. The Morgan fingerprint density at radius 3 is 2.63 bits per heavy atom. The summed E-state index contributed by atoms with van der Waals surface area (Å²) in [4.78, 5) is 0. The molecule has 1 aromatic heterocycles. The van der Waals surface area contributed by atoms with Gasteiger partial charge in [0.25, 0.3) is 0 Å². The first-order valence-corrected chi connectivity index (χ1v) is 6.66. The Morgan fingerprint density at radius 1 is 1.16 bits per heavy atom. The molecule has 1 heterocycles. The van der Waals surface area contributed by atoms with Gasteiger partial charge in [0.05, 0.1) is 6.54 Å². The van der Waals surface area contributed by atoms with Crippen molar-refractivity contribution in [2.45, 2.75) is 38.3 Å². The van der Waals surface area contributed by atoms with E-state index < -0.39 is 0 Å². The largest absolute Gasteiger partial charge is 0.359 e. The third kappa shape index (κ3) is 3.58. The lowest BCUT2D eigenvalue weighted by molar-refractivity contribution is 0.364. The molecule has 102 valence electrons. The molecule has 0 unspecified atom stereocenters. The van der Waals surface area contributed by atoms with Gasteiger partial charge in [0.15, 0.2) is 5.76 Å². The first-order chi connectivity index (χ1) is 8.92. The van der Waals surface area contributed by atoms with Crippen LogP contribution in [0.2, 0.25) is 0 Å². The standard InChI is InChI=1S/C15H18N2O.ClH/c1-2-6-12(7-3-1)15-10-14(18-17-15)11-16-13-8-4-5-9-13;/h1-3,6-7,10,13,16H,4-5,8-9,11H2;1H. The summed E-state index contributed by atoms with van der Waals surface area (Å²) in [7, 11) is 0. The lowest BCUT2D eigenvalue weighted by atomic mass is 10.1. The highest BCUT2D eigenvalue weighted by Gasteiger charge is 2.15. The maximum Gasteiger partial charge on any atom is 0.151 e. The van der Waals surface area contributed by atoms with Crippen molar-refractivity contribution >= 4 is 12.4 Å². The van der Waals surface area contributed by atoms with Gasteiger partial charge in [-0.15, -0.1) is 12.4 Å². The second-order valence-electron chi connectivity index (χ2n) is 4.91. The number of hydrogen-bond acceptors (Lipinski definition) is 3. The van der Waals surface area contributed by atoms with Gasteiger partial charge in [-0.25, -0.2) is 0 Å². The number of nitrogens with one attached hydrogen (secondary N) is 1. The van der Waals surface area contributed by atoms with E-state index in [4.69, 9.17) is 4.52 Å². The molecule has 1 aliphatic rings. The molecule has 1 aliphatic carbocycles. The van der Waals surface area contributed by atoms with E-state index in [1.807, 2.05) is 36.4 Å². The molecule has 19 heavy (non-hydrogen) atoms. The van der Waals surface area contributed by atoms with Crippen molar-refractivity contribution in [1.29, 1.82) is 0 Å². The molecule has 1 saturated carbocycles. The SMILES string of the molecule is Cl.c1ccc(-c2cc(CNC3CCCC3)on2)cc1. The van der Waals surface area contributed by atoms with Crippen molar-refractivity contribution < 1.29 is 4.52 Å². The van der Waals surface area contributed by atoms with Crippen LogP contribution in [0.4, 0.5) is 0 Å². The number of nitrogens with zero attached hydrogens (tertiary/aromatic N) is 1. The van der Waals surface area contributed by atoms with Gasteiger partial charge in [0, 0.05) is 17.7 Å². The summed E-state index contributed by atoms with van der Waals surface area (Å²) in [6.07, 6.45) is 5.28. The fourth-order valence-electron chi connectivity index (χ4n) is 2.52. The highest BCUT2D eigenvalue weighted by molar-refractivity contribution is 5.85. The maximum absolute atomic E-state index is 5.37. The van der Waals surface area contributed by atoms with Crippen LogP contribution >= 0.6 is 12.4 Å². The quantitative estimate of drug-likeness (QED) is 0.924. The van der Waals surface area contributed by atoms with Crippen molar-refractivity contribution in [1.82, 2.24) is 10.5 Å². The molecule has 0 saturated heterocycles. The number of halogens is 1. The third-order valence-corrected chi connectivity index (χ3v) is 3.55. The molecule has 1 fully saturated rings. The number of aromatic nitrogens is 1. The van der Waals surface area contributed by atoms with Gasteiger partial charge in [-0.1, -0.05) is 48.3 Å². The van der Waals surface area contributed by atoms with Crippen molar-refractivity contribution in [3.8, 4) is 11.3 Å². The van der Waals surface area contributed by atoms with E-state index in [-0.39, 0.29) is 12.4 Å². The molecule has 2 aromatic rings. The Hall–Kier alpha value is -1.32. The lowest BCUT2D eigenvalue weighted by Crippen LogP contribution is -2.24. The van der Waals surface area contributed by atoms with Crippen molar-refractivity contribution in [3.05, 3.63) is 42.2 Å². The van der Waals surface area contributed by atoms with Gasteiger partial charge in [0.2, 0.25) is 0 Å². The maximum atomic E-state index is 5.37. The van der Waals surface area contributed by atoms with Crippen LogP contribution in [0.1, 0.15) is 31.4 Å². The van der Waals surface area contributed by atoms with Crippen LogP contribution in [0.5, 0.6) is 0 Å². The molecule has 1 N–H and O–H groups in total. The Morgan fingerprint density at radius 2 is 1.89 bits per heavy atom. The zero-order valence-electron chi connectivity index (χ0n) is 10.8. The van der Waals surface area contributed by atoms with Crippen LogP contribution in [0.15, 0.2) is 40.9 Å². The average molecular weight is 279 g/mol. The van der Waals surface area contributed by atoms with E-state index in [2.05, 4.69) is 10.5 Å². The van der Waals surface area contributed by atoms with E-state index in [1.165, 1.54) is 25.7 Å². The summed E-state index contributed by atoms with van der Waals surface area (Å²) in [5.41, 5.74) is 2.02. The predicted octanol–water partition coefficient (Wildman–Crippen LogP) is 3.80. The predicted molar refractivity (Wildman–Crippen MR) is 78.3 cm³/mol. The second-order valence-corrected chi connectivity index (χ2v) is 4.91. The fraction of sp³-hybridized carbons (Fsp3) is 0.400. The molecular formula is C15H19ClN2O. The smallest absolute Gasteiger partial charge is 0.151 e. The van der Waals surface area contributed by atoms with Crippen LogP contribution in [0, 0.1) is 0 Å². The van der Waals surface area contributed by atoms with Gasteiger partial charge in [-0.05, 0) is 12.8 Å². The first kappa shape index (κ1) is 14.1. The molecule has 3 nitrogen and oxygen atoms in total. The van der Waals surface area contributed by atoms with E-state index in [0.717, 1.165) is 23.6 Å². The van der Waals surface area contributed by atoms with Crippen LogP contribution < -0.4 is 5.32 Å². The van der Waals surface area contributed by atoms with Gasteiger partial charge >= 0.3 is 0 Å². The first-order valence-electron chi connectivity index (χ1n) is 6.66. The monoisotopic (exact) mass is 278 g/mol. The molecule has 0 bridgehead atoms. The molecule has 1 aromatic carbocycles. The summed E-state index contributed by atoms with van der Waals surface area (Å²) in [5.74, 6) is 0.917. The summed E-state index contributed by atoms with van der Waals surface area (Å²) in [6.45, 7) is 0.782. The van der Waals surface area contributed by atoms with E-state index in [1.54, 1.807) is 0 Å². The minimum atomic E-state index is 0. The van der Waals surface area contributed by atoms with E-state index in [9.17, 15) is 0 Å². The summed E-state index contributed by atoms with van der Waals surface area (Å²) < 4.78 is 5.37. The Bertz CT molecular complexity index is 492. The second kappa shape index (κ2) is 6.73.